The lowest BCUT2D eigenvalue weighted by atomic mass is 10.1. The van der Waals surface area contributed by atoms with E-state index in [-0.39, 0.29) is 5.91 Å². The van der Waals surface area contributed by atoms with E-state index in [4.69, 9.17) is 18.0 Å². The Kier molecular flexibility index (Phi) is 3.94. The van der Waals surface area contributed by atoms with Crippen LogP contribution in [0.5, 0.6) is 0 Å². The maximum Gasteiger partial charge on any atom is 0.224 e. The van der Waals surface area contributed by atoms with Crippen molar-refractivity contribution >= 4 is 34.0 Å². The number of carbonyl (C=O) groups excluding carboxylic acids is 1. The minimum atomic E-state index is -0.0176. The summed E-state index contributed by atoms with van der Waals surface area (Å²) in [7, 11) is 0. The predicted molar refractivity (Wildman–Crippen MR) is 76.4 cm³/mol. The molecule has 0 fully saturated rings. The largest absolute Gasteiger partial charge is 0.393 e. The smallest absolute Gasteiger partial charge is 0.224 e. The molecule has 0 unspecified atom stereocenters. The van der Waals surface area contributed by atoms with E-state index in [1.54, 1.807) is 0 Å². The van der Waals surface area contributed by atoms with Crippen molar-refractivity contribution in [1.82, 2.24) is 10.3 Å². The first-order valence-electron chi connectivity index (χ1n) is 5.77. The summed E-state index contributed by atoms with van der Waals surface area (Å²) in [5, 5.41) is 3.88. The summed E-state index contributed by atoms with van der Waals surface area (Å²) in [5.41, 5.74) is 7.41. The van der Waals surface area contributed by atoms with Crippen molar-refractivity contribution in [2.45, 2.75) is 12.8 Å². The number of hydrogen-bond donors (Lipinski definition) is 3. The minimum Gasteiger partial charge on any atom is -0.393 e. The molecule has 0 bridgehead atoms. The summed E-state index contributed by atoms with van der Waals surface area (Å²) in [4.78, 5) is 15.3. The first kappa shape index (κ1) is 12.6. The van der Waals surface area contributed by atoms with Gasteiger partial charge in [-0.1, -0.05) is 30.4 Å². The highest BCUT2D eigenvalue weighted by atomic mass is 32.1. The average Bonchev–Trinajstić information content (AvgIpc) is 2.72. The molecule has 18 heavy (non-hydrogen) atoms. The topological polar surface area (TPSA) is 70.9 Å². The number of aromatic amines is 1. The van der Waals surface area contributed by atoms with Crippen molar-refractivity contribution < 1.29 is 4.79 Å². The lowest BCUT2D eigenvalue weighted by molar-refractivity contribution is -0.120. The molecule has 1 amide bonds. The molecule has 94 valence electrons. The molecule has 0 spiro atoms. The summed E-state index contributed by atoms with van der Waals surface area (Å²) in [6, 6.07) is 7.92. The third-order valence-electron chi connectivity index (χ3n) is 2.72. The number of thiocarbonyl (C=S) groups is 1. The van der Waals surface area contributed by atoms with Crippen LogP contribution in [0.4, 0.5) is 0 Å². The van der Waals surface area contributed by atoms with E-state index in [2.05, 4.69) is 10.3 Å². The van der Waals surface area contributed by atoms with E-state index < -0.39 is 0 Å². The molecule has 2 rings (SSSR count). The van der Waals surface area contributed by atoms with E-state index in [0.29, 0.717) is 24.4 Å². The Morgan fingerprint density at radius 1 is 1.39 bits per heavy atom. The van der Waals surface area contributed by atoms with Gasteiger partial charge < -0.3 is 16.0 Å². The van der Waals surface area contributed by atoms with Gasteiger partial charge in [-0.25, -0.2) is 0 Å². The molecule has 0 aliphatic carbocycles. The van der Waals surface area contributed by atoms with E-state index in [1.807, 2.05) is 30.5 Å². The Balaban J connectivity index is 1.97. The van der Waals surface area contributed by atoms with E-state index in [9.17, 15) is 4.79 Å². The van der Waals surface area contributed by atoms with Crippen LogP contribution in [0, 0.1) is 0 Å². The number of nitrogens with one attached hydrogen (secondary N) is 2. The van der Waals surface area contributed by atoms with Gasteiger partial charge in [-0.2, -0.15) is 0 Å². The van der Waals surface area contributed by atoms with Gasteiger partial charge >= 0.3 is 0 Å². The second kappa shape index (κ2) is 5.64. The summed E-state index contributed by atoms with van der Waals surface area (Å²) < 4.78 is 0. The summed E-state index contributed by atoms with van der Waals surface area (Å²) in [5.74, 6) is -0.0176. The zero-order valence-electron chi connectivity index (χ0n) is 9.90. The van der Waals surface area contributed by atoms with Crippen molar-refractivity contribution in [3.63, 3.8) is 0 Å². The first-order chi connectivity index (χ1) is 8.66. The molecular weight excluding hydrogens is 246 g/mol. The Bertz CT molecular complexity index is 576. The third kappa shape index (κ3) is 3.07. The average molecular weight is 261 g/mol. The van der Waals surface area contributed by atoms with Gasteiger partial charge in [-0.3, -0.25) is 4.79 Å². The number of H-pyrrole nitrogens is 1. The molecule has 0 aliphatic rings. The zero-order chi connectivity index (χ0) is 13.0. The molecule has 0 saturated heterocycles. The number of benzene rings is 1. The van der Waals surface area contributed by atoms with Crippen molar-refractivity contribution in [2.75, 3.05) is 6.54 Å². The third-order valence-corrected chi connectivity index (χ3v) is 2.92. The van der Waals surface area contributed by atoms with Crippen LogP contribution in [0.3, 0.4) is 0 Å². The second-order valence-corrected chi connectivity index (χ2v) is 4.63. The van der Waals surface area contributed by atoms with Crippen LogP contribution in [0.1, 0.15) is 12.0 Å². The number of hydrogen-bond acceptors (Lipinski definition) is 2. The van der Waals surface area contributed by atoms with Crippen LogP contribution < -0.4 is 11.1 Å². The standard InChI is InChI=1S/C13H15N3OS/c14-12(18)5-6-15-13(17)7-9-8-16-11-4-2-1-3-10(9)11/h1-4,8,16H,5-7H2,(H2,14,18)(H,15,17). The normalized spacial score (nSPS) is 10.4. The molecular formula is C13H15N3OS. The van der Waals surface area contributed by atoms with Crippen LogP contribution in [-0.2, 0) is 11.2 Å². The van der Waals surface area contributed by atoms with Crippen LogP contribution in [0.25, 0.3) is 10.9 Å². The fourth-order valence-electron chi connectivity index (χ4n) is 1.84. The highest BCUT2D eigenvalue weighted by Gasteiger charge is 2.07. The fourth-order valence-corrected chi connectivity index (χ4v) is 1.94. The highest BCUT2D eigenvalue weighted by Crippen LogP contribution is 2.17. The summed E-state index contributed by atoms with van der Waals surface area (Å²) in [6.45, 7) is 0.497. The van der Waals surface area contributed by atoms with Gasteiger partial charge in [0.05, 0.1) is 11.4 Å². The van der Waals surface area contributed by atoms with Crippen LogP contribution in [0.15, 0.2) is 30.5 Å². The quantitative estimate of drug-likeness (QED) is 0.714. The number of para-hydroxylation sites is 1. The van der Waals surface area contributed by atoms with Crippen molar-refractivity contribution in [1.29, 1.82) is 0 Å². The lowest BCUT2D eigenvalue weighted by Gasteiger charge is -2.03. The SMILES string of the molecule is NC(=S)CCNC(=O)Cc1c[nH]c2ccccc12. The van der Waals surface area contributed by atoms with E-state index in [0.717, 1.165) is 16.5 Å². The zero-order valence-corrected chi connectivity index (χ0v) is 10.7. The number of rotatable bonds is 5. The number of aromatic nitrogens is 1. The number of carbonyl (C=O) groups is 1. The van der Waals surface area contributed by atoms with Crippen LogP contribution in [-0.4, -0.2) is 22.4 Å². The summed E-state index contributed by atoms with van der Waals surface area (Å²) >= 11 is 4.75. The first-order valence-corrected chi connectivity index (χ1v) is 6.17. The predicted octanol–water partition coefficient (Wildman–Crippen LogP) is 1.50. The van der Waals surface area contributed by atoms with E-state index >= 15 is 0 Å². The van der Waals surface area contributed by atoms with Crippen molar-refractivity contribution in [3.05, 3.63) is 36.0 Å². The molecule has 0 radical (unpaired) electrons. The van der Waals surface area contributed by atoms with Gasteiger partial charge in [0, 0.05) is 30.1 Å². The van der Waals surface area contributed by atoms with Crippen molar-refractivity contribution in [3.8, 4) is 0 Å². The Morgan fingerprint density at radius 3 is 2.94 bits per heavy atom. The second-order valence-electron chi connectivity index (χ2n) is 4.10. The lowest BCUT2D eigenvalue weighted by Crippen LogP contribution is -2.28. The van der Waals surface area contributed by atoms with Gasteiger partial charge in [0.25, 0.3) is 0 Å². The molecule has 0 atom stereocenters. The highest BCUT2D eigenvalue weighted by molar-refractivity contribution is 7.80. The Labute approximate surface area is 111 Å². The molecule has 1 aromatic heterocycles. The fraction of sp³-hybridized carbons (Fsp3) is 0.231. The molecule has 5 heteroatoms. The van der Waals surface area contributed by atoms with Gasteiger partial charge in [0.2, 0.25) is 5.91 Å². The van der Waals surface area contributed by atoms with Gasteiger partial charge in [-0.15, -0.1) is 0 Å². The Hall–Kier alpha value is -1.88. The number of nitrogens with two attached hydrogens (primary N) is 1. The number of amides is 1. The monoisotopic (exact) mass is 261 g/mol. The maximum atomic E-state index is 11.7. The van der Waals surface area contributed by atoms with E-state index in [1.165, 1.54) is 0 Å². The van der Waals surface area contributed by atoms with Gasteiger partial charge in [0.15, 0.2) is 0 Å². The minimum absolute atomic E-state index is 0.0176. The Morgan fingerprint density at radius 2 is 2.17 bits per heavy atom. The summed E-state index contributed by atoms with van der Waals surface area (Å²) in [6.07, 6.45) is 2.77. The van der Waals surface area contributed by atoms with Gasteiger partial charge in [0.1, 0.15) is 0 Å². The maximum absolute atomic E-state index is 11.7. The molecule has 0 saturated carbocycles. The molecule has 1 aromatic carbocycles. The van der Waals surface area contributed by atoms with Crippen molar-refractivity contribution in [2.24, 2.45) is 5.73 Å². The number of fused-ring (bicyclic) bond motifs is 1. The molecule has 2 aromatic rings. The van der Waals surface area contributed by atoms with Crippen LogP contribution in [0.2, 0.25) is 0 Å². The molecule has 4 nitrogen and oxygen atoms in total. The molecule has 4 N–H and O–H groups in total. The van der Waals surface area contributed by atoms with Crippen LogP contribution >= 0.6 is 12.2 Å². The molecule has 1 heterocycles. The molecule has 0 aliphatic heterocycles. The van der Waals surface area contributed by atoms with Gasteiger partial charge in [-0.05, 0) is 11.6 Å².